The summed E-state index contributed by atoms with van der Waals surface area (Å²) in [4.78, 5) is 19.5. The van der Waals surface area contributed by atoms with Gasteiger partial charge in [-0.15, -0.1) is 5.10 Å². The fourth-order valence-electron chi connectivity index (χ4n) is 5.76. The predicted octanol–water partition coefficient (Wildman–Crippen LogP) is 6.17. The van der Waals surface area contributed by atoms with E-state index in [-0.39, 0.29) is 5.56 Å². The molecule has 4 aromatic carbocycles. The molecule has 6 rings (SSSR count). The zero-order valence-corrected chi connectivity index (χ0v) is 25.3. The molecule has 0 aliphatic heterocycles. The average Bonchev–Trinajstić information content (AvgIpc) is 3.52. The van der Waals surface area contributed by atoms with E-state index in [0.717, 1.165) is 45.3 Å². The Labute approximate surface area is 256 Å². The molecule has 0 spiro atoms. The van der Waals surface area contributed by atoms with Crippen LogP contribution in [0.1, 0.15) is 45.2 Å². The standard InChI is InChI=1S/C36H36N6O2/c1-25-14-15-26(2)33-31(25)22-32(36(43)37-33)34(35-38-39-40-42(35)21-20-27-10-6-4-7-11-27)41(23-28-12-8-5-9-13-28)24-29-16-18-30(44-3)19-17-29/h4-19,22,34H,20-21,23-24H2,1-3H3,(H,37,43). The lowest BCUT2D eigenvalue weighted by Crippen LogP contribution is -2.35. The number of pyridine rings is 1. The Balaban J connectivity index is 1.50. The number of aromatic nitrogens is 5. The molecule has 6 aromatic rings. The normalized spacial score (nSPS) is 12.1. The van der Waals surface area contributed by atoms with Crippen LogP contribution in [0.15, 0.2) is 108 Å². The molecule has 0 bridgehead atoms. The lowest BCUT2D eigenvalue weighted by atomic mass is 9.98. The van der Waals surface area contributed by atoms with Crippen LogP contribution >= 0.6 is 0 Å². The topological polar surface area (TPSA) is 88.9 Å². The number of H-pyrrole nitrogens is 1. The molecule has 8 heteroatoms. The number of benzene rings is 4. The number of aromatic amines is 1. The van der Waals surface area contributed by atoms with Crippen molar-refractivity contribution in [2.75, 3.05) is 7.11 Å². The molecule has 222 valence electrons. The van der Waals surface area contributed by atoms with Gasteiger partial charge in [0.15, 0.2) is 5.82 Å². The smallest absolute Gasteiger partial charge is 0.253 e. The molecule has 0 amide bonds. The van der Waals surface area contributed by atoms with Gasteiger partial charge in [0.1, 0.15) is 11.8 Å². The summed E-state index contributed by atoms with van der Waals surface area (Å²) in [6, 6.07) is 34.3. The van der Waals surface area contributed by atoms with Crippen molar-refractivity contribution in [2.24, 2.45) is 0 Å². The van der Waals surface area contributed by atoms with Crippen molar-refractivity contribution < 1.29 is 4.74 Å². The number of ether oxygens (including phenoxy) is 1. The van der Waals surface area contributed by atoms with Gasteiger partial charge < -0.3 is 9.72 Å². The van der Waals surface area contributed by atoms with Crippen molar-refractivity contribution in [3.63, 3.8) is 0 Å². The van der Waals surface area contributed by atoms with Gasteiger partial charge in [-0.1, -0.05) is 84.9 Å². The van der Waals surface area contributed by atoms with Crippen LogP contribution in [0.3, 0.4) is 0 Å². The molecule has 1 unspecified atom stereocenters. The van der Waals surface area contributed by atoms with E-state index in [0.29, 0.717) is 31.0 Å². The first-order chi connectivity index (χ1) is 21.5. The van der Waals surface area contributed by atoms with Gasteiger partial charge in [-0.25, -0.2) is 4.68 Å². The number of methoxy groups -OCH3 is 1. The largest absolute Gasteiger partial charge is 0.497 e. The lowest BCUT2D eigenvalue weighted by molar-refractivity contribution is 0.193. The second-order valence-corrected chi connectivity index (χ2v) is 11.2. The van der Waals surface area contributed by atoms with Crippen LogP contribution in [0, 0.1) is 13.8 Å². The maximum atomic E-state index is 14.0. The maximum absolute atomic E-state index is 14.0. The Bertz CT molecular complexity index is 1900. The van der Waals surface area contributed by atoms with Gasteiger partial charge in [-0.05, 0) is 76.7 Å². The third kappa shape index (κ3) is 6.31. The quantitative estimate of drug-likeness (QED) is 0.196. The Morgan fingerprint density at radius 1 is 0.818 bits per heavy atom. The average molecular weight is 585 g/mol. The van der Waals surface area contributed by atoms with Crippen LogP contribution in [0.25, 0.3) is 10.9 Å². The number of tetrazole rings is 1. The second-order valence-electron chi connectivity index (χ2n) is 11.2. The fraction of sp³-hybridized carbons (Fsp3) is 0.222. The predicted molar refractivity (Wildman–Crippen MR) is 173 cm³/mol. The van der Waals surface area contributed by atoms with Crippen LogP contribution in [-0.2, 0) is 26.1 Å². The summed E-state index contributed by atoms with van der Waals surface area (Å²) >= 11 is 0. The maximum Gasteiger partial charge on any atom is 0.253 e. The molecular formula is C36H36N6O2. The minimum absolute atomic E-state index is 0.151. The van der Waals surface area contributed by atoms with E-state index in [2.05, 4.69) is 74.8 Å². The monoisotopic (exact) mass is 584 g/mol. The molecule has 0 aliphatic carbocycles. The summed E-state index contributed by atoms with van der Waals surface area (Å²) in [6.07, 6.45) is 0.759. The molecule has 0 saturated carbocycles. The number of fused-ring (bicyclic) bond motifs is 1. The minimum Gasteiger partial charge on any atom is -0.497 e. The number of rotatable bonds is 11. The molecule has 1 N–H and O–H groups in total. The Kier molecular flexibility index (Phi) is 8.61. The van der Waals surface area contributed by atoms with Crippen LogP contribution in [-0.4, -0.2) is 37.2 Å². The summed E-state index contributed by atoms with van der Waals surface area (Å²) < 4.78 is 7.26. The summed E-state index contributed by atoms with van der Waals surface area (Å²) in [5, 5.41) is 14.1. The highest BCUT2D eigenvalue weighted by Gasteiger charge is 2.31. The molecule has 0 saturated heterocycles. The van der Waals surface area contributed by atoms with Crippen molar-refractivity contribution >= 4 is 10.9 Å². The van der Waals surface area contributed by atoms with Gasteiger partial charge in [0, 0.05) is 30.6 Å². The molecule has 8 nitrogen and oxygen atoms in total. The molecular weight excluding hydrogens is 548 g/mol. The first-order valence-electron chi connectivity index (χ1n) is 14.8. The van der Waals surface area contributed by atoms with E-state index in [9.17, 15) is 4.79 Å². The zero-order valence-electron chi connectivity index (χ0n) is 25.3. The van der Waals surface area contributed by atoms with Crippen molar-refractivity contribution in [1.82, 2.24) is 30.1 Å². The van der Waals surface area contributed by atoms with Crippen molar-refractivity contribution in [1.29, 1.82) is 0 Å². The van der Waals surface area contributed by atoms with E-state index in [4.69, 9.17) is 4.74 Å². The molecule has 0 aliphatic rings. The molecule has 0 radical (unpaired) electrons. The van der Waals surface area contributed by atoms with Crippen molar-refractivity contribution in [2.45, 2.75) is 45.9 Å². The fourth-order valence-corrected chi connectivity index (χ4v) is 5.76. The van der Waals surface area contributed by atoms with Crippen LogP contribution in [0.2, 0.25) is 0 Å². The van der Waals surface area contributed by atoms with Gasteiger partial charge in [0.05, 0.1) is 12.6 Å². The van der Waals surface area contributed by atoms with Crippen LogP contribution in [0.5, 0.6) is 5.75 Å². The summed E-state index contributed by atoms with van der Waals surface area (Å²) in [6.45, 7) is 5.80. The summed E-state index contributed by atoms with van der Waals surface area (Å²) in [5.74, 6) is 1.42. The number of aryl methyl sites for hydroxylation is 4. The minimum atomic E-state index is -0.531. The first kappa shape index (κ1) is 29.0. The highest BCUT2D eigenvalue weighted by Crippen LogP contribution is 2.31. The van der Waals surface area contributed by atoms with E-state index in [1.807, 2.05) is 72.3 Å². The molecule has 1 atom stereocenters. The highest BCUT2D eigenvalue weighted by molar-refractivity contribution is 5.85. The van der Waals surface area contributed by atoms with Gasteiger partial charge >= 0.3 is 0 Å². The zero-order chi connectivity index (χ0) is 30.5. The number of hydrogen-bond acceptors (Lipinski definition) is 6. The van der Waals surface area contributed by atoms with Crippen LogP contribution < -0.4 is 10.3 Å². The first-order valence-corrected chi connectivity index (χ1v) is 14.8. The number of hydrogen-bond donors (Lipinski definition) is 1. The van der Waals surface area contributed by atoms with Gasteiger partial charge in [-0.2, -0.15) is 0 Å². The SMILES string of the molecule is COc1ccc(CN(Cc2ccccc2)C(c2cc3c(C)ccc(C)c3[nH]c2=O)c2nnnn2CCc2ccccc2)cc1. The number of nitrogens with zero attached hydrogens (tertiary/aromatic N) is 5. The van der Waals surface area contributed by atoms with E-state index in [1.165, 1.54) is 5.56 Å². The molecule has 2 aromatic heterocycles. The summed E-state index contributed by atoms with van der Waals surface area (Å²) in [7, 11) is 1.66. The van der Waals surface area contributed by atoms with Gasteiger partial charge in [0.2, 0.25) is 0 Å². The molecule has 44 heavy (non-hydrogen) atoms. The van der Waals surface area contributed by atoms with E-state index >= 15 is 0 Å². The van der Waals surface area contributed by atoms with Gasteiger partial charge in [0.25, 0.3) is 5.56 Å². The second kappa shape index (κ2) is 13.1. The third-order valence-corrected chi connectivity index (χ3v) is 8.16. The van der Waals surface area contributed by atoms with Crippen molar-refractivity contribution in [3.8, 4) is 5.75 Å². The van der Waals surface area contributed by atoms with Crippen LogP contribution in [0.4, 0.5) is 0 Å². The third-order valence-electron chi connectivity index (χ3n) is 8.16. The van der Waals surface area contributed by atoms with E-state index in [1.54, 1.807) is 7.11 Å². The highest BCUT2D eigenvalue weighted by atomic mass is 16.5. The molecule has 2 heterocycles. The summed E-state index contributed by atoms with van der Waals surface area (Å²) in [5.41, 5.74) is 6.82. The van der Waals surface area contributed by atoms with Gasteiger partial charge in [-0.3, -0.25) is 9.69 Å². The number of nitrogens with one attached hydrogen (secondary N) is 1. The lowest BCUT2D eigenvalue weighted by Gasteiger charge is -2.31. The Morgan fingerprint density at radius 2 is 1.45 bits per heavy atom. The van der Waals surface area contributed by atoms with E-state index < -0.39 is 6.04 Å². The van der Waals surface area contributed by atoms with Crippen molar-refractivity contribution in [3.05, 3.63) is 153 Å². The molecule has 0 fully saturated rings. The Hall–Kier alpha value is -5.08. The Morgan fingerprint density at radius 3 is 2.14 bits per heavy atom.